The lowest BCUT2D eigenvalue weighted by molar-refractivity contribution is 0.146. The molecule has 1 N–H and O–H groups in total. The first kappa shape index (κ1) is 10.1. The molecule has 0 bridgehead atoms. The van der Waals surface area contributed by atoms with Crippen LogP contribution < -0.4 is 5.32 Å². The Balaban J connectivity index is 2.13. The van der Waals surface area contributed by atoms with Crippen LogP contribution in [0.2, 0.25) is 0 Å². The van der Waals surface area contributed by atoms with Gasteiger partial charge in [-0.2, -0.15) is 0 Å². The molecule has 0 unspecified atom stereocenters. The third kappa shape index (κ3) is 4.58. The lowest BCUT2D eigenvalue weighted by atomic mass is 10.1. The number of hydrogen-bond donors (Lipinski definition) is 1. The van der Waals surface area contributed by atoms with Crippen LogP contribution in [0.4, 0.5) is 8.78 Å². The highest BCUT2D eigenvalue weighted by Gasteiger charge is 1.99. The minimum atomic E-state index is -2.25. The first-order valence-electron chi connectivity index (χ1n) is 4.32. The Kier molecular flexibility index (Phi) is 4.40. The summed E-state index contributed by atoms with van der Waals surface area (Å²) >= 11 is 0. The van der Waals surface area contributed by atoms with Gasteiger partial charge in [0, 0.05) is 0 Å². The summed E-state index contributed by atoms with van der Waals surface area (Å²) in [5.41, 5.74) is 1.17. The molecule has 0 heterocycles. The number of rotatable bonds is 5. The number of nitrogens with one attached hydrogen (secondary N) is 1. The lowest BCUT2D eigenvalue weighted by Crippen LogP contribution is -2.23. The monoisotopic (exact) mass is 185 g/mol. The van der Waals surface area contributed by atoms with Crippen molar-refractivity contribution in [1.82, 2.24) is 5.32 Å². The molecule has 72 valence electrons. The zero-order valence-electron chi connectivity index (χ0n) is 7.34. The molecule has 0 aliphatic carbocycles. The van der Waals surface area contributed by atoms with Crippen LogP contribution in [0.3, 0.4) is 0 Å². The molecule has 0 aliphatic rings. The van der Waals surface area contributed by atoms with Gasteiger partial charge >= 0.3 is 0 Å². The second-order valence-electron chi connectivity index (χ2n) is 2.83. The molecule has 1 aromatic carbocycles. The summed E-state index contributed by atoms with van der Waals surface area (Å²) in [5, 5.41) is 2.68. The molecule has 0 aromatic heterocycles. The predicted molar refractivity (Wildman–Crippen MR) is 49.0 cm³/mol. The van der Waals surface area contributed by atoms with E-state index in [-0.39, 0.29) is 6.54 Å². The molecule has 0 amide bonds. The van der Waals surface area contributed by atoms with Gasteiger partial charge in [-0.05, 0) is 18.5 Å². The van der Waals surface area contributed by atoms with Crippen molar-refractivity contribution < 1.29 is 8.78 Å². The highest BCUT2D eigenvalue weighted by Crippen LogP contribution is 1.98. The summed E-state index contributed by atoms with van der Waals surface area (Å²) in [7, 11) is 0. The van der Waals surface area contributed by atoms with Gasteiger partial charge in [-0.15, -0.1) is 0 Å². The SMILES string of the molecule is FC(F)CNCCc1ccccc1. The van der Waals surface area contributed by atoms with Crippen molar-refractivity contribution in [3.8, 4) is 0 Å². The van der Waals surface area contributed by atoms with Gasteiger partial charge in [-0.25, -0.2) is 8.78 Å². The van der Waals surface area contributed by atoms with E-state index >= 15 is 0 Å². The summed E-state index contributed by atoms with van der Waals surface area (Å²) in [4.78, 5) is 0. The Hall–Kier alpha value is -0.960. The minimum Gasteiger partial charge on any atom is -0.311 e. The normalized spacial score (nSPS) is 10.7. The molecule has 0 spiro atoms. The van der Waals surface area contributed by atoms with Crippen molar-refractivity contribution in [2.45, 2.75) is 12.8 Å². The van der Waals surface area contributed by atoms with E-state index in [4.69, 9.17) is 0 Å². The summed E-state index contributed by atoms with van der Waals surface area (Å²) in [6.45, 7) is 0.390. The van der Waals surface area contributed by atoms with E-state index in [1.807, 2.05) is 30.3 Å². The molecular formula is C10H13F2N. The molecule has 1 nitrogen and oxygen atoms in total. The summed E-state index contributed by atoms with van der Waals surface area (Å²) in [6.07, 6.45) is -1.45. The van der Waals surface area contributed by atoms with Crippen LogP contribution >= 0.6 is 0 Å². The Labute approximate surface area is 76.8 Å². The van der Waals surface area contributed by atoms with Crippen molar-refractivity contribution in [2.75, 3.05) is 13.1 Å². The third-order valence-corrected chi connectivity index (χ3v) is 1.73. The molecular weight excluding hydrogens is 172 g/mol. The van der Waals surface area contributed by atoms with Crippen LogP contribution in [0.15, 0.2) is 30.3 Å². The summed E-state index contributed by atoms with van der Waals surface area (Å²) < 4.78 is 23.4. The molecule has 0 atom stereocenters. The standard InChI is InChI=1S/C10H13F2N/c11-10(12)8-13-7-6-9-4-2-1-3-5-9/h1-5,10,13H,6-8H2. The highest BCUT2D eigenvalue weighted by atomic mass is 19.3. The Bertz CT molecular complexity index is 224. The molecule has 13 heavy (non-hydrogen) atoms. The van der Waals surface area contributed by atoms with Gasteiger partial charge in [0.15, 0.2) is 0 Å². The van der Waals surface area contributed by atoms with E-state index in [0.29, 0.717) is 6.54 Å². The Morgan fingerprint density at radius 1 is 1.15 bits per heavy atom. The van der Waals surface area contributed by atoms with Crippen molar-refractivity contribution >= 4 is 0 Å². The Morgan fingerprint density at radius 2 is 1.85 bits per heavy atom. The molecule has 3 heteroatoms. The largest absolute Gasteiger partial charge is 0.311 e. The van der Waals surface area contributed by atoms with E-state index in [9.17, 15) is 8.78 Å². The maximum absolute atomic E-state index is 11.7. The molecule has 0 saturated heterocycles. The van der Waals surface area contributed by atoms with Gasteiger partial charge in [0.05, 0.1) is 6.54 Å². The average Bonchev–Trinajstić information content (AvgIpc) is 2.14. The zero-order chi connectivity index (χ0) is 9.52. The van der Waals surface area contributed by atoms with Crippen LogP contribution in [0, 0.1) is 0 Å². The van der Waals surface area contributed by atoms with E-state index in [1.165, 1.54) is 5.56 Å². The minimum absolute atomic E-state index is 0.215. The fraction of sp³-hybridized carbons (Fsp3) is 0.400. The van der Waals surface area contributed by atoms with Crippen LogP contribution in [0.25, 0.3) is 0 Å². The first-order chi connectivity index (χ1) is 6.29. The molecule has 1 aromatic rings. The summed E-state index contributed by atoms with van der Waals surface area (Å²) in [6, 6.07) is 9.81. The molecule has 0 saturated carbocycles. The number of benzene rings is 1. The second kappa shape index (κ2) is 5.65. The van der Waals surface area contributed by atoms with Gasteiger partial charge in [-0.3, -0.25) is 0 Å². The Morgan fingerprint density at radius 3 is 2.46 bits per heavy atom. The van der Waals surface area contributed by atoms with Gasteiger partial charge in [-0.1, -0.05) is 30.3 Å². The summed E-state index contributed by atoms with van der Waals surface area (Å²) in [5.74, 6) is 0. The van der Waals surface area contributed by atoms with Crippen LogP contribution in [0.1, 0.15) is 5.56 Å². The number of alkyl halides is 2. The van der Waals surface area contributed by atoms with Crippen molar-refractivity contribution in [3.05, 3.63) is 35.9 Å². The quantitative estimate of drug-likeness (QED) is 0.692. The molecule has 0 radical (unpaired) electrons. The fourth-order valence-corrected chi connectivity index (χ4v) is 1.09. The van der Waals surface area contributed by atoms with Crippen LogP contribution in [0.5, 0.6) is 0 Å². The smallest absolute Gasteiger partial charge is 0.250 e. The van der Waals surface area contributed by atoms with Gasteiger partial charge in [0.1, 0.15) is 0 Å². The topological polar surface area (TPSA) is 12.0 Å². The van der Waals surface area contributed by atoms with Crippen molar-refractivity contribution in [2.24, 2.45) is 0 Å². The van der Waals surface area contributed by atoms with E-state index in [1.54, 1.807) is 0 Å². The maximum Gasteiger partial charge on any atom is 0.250 e. The zero-order valence-corrected chi connectivity index (χ0v) is 7.34. The molecule has 0 aliphatic heterocycles. The maximum atomic E-state index is 11.7. The molecule has 1 rings (SSSR count). The van der Waals surface area contributed by atoms with Gasteiger partial charge in [0.25, 0.3) is 6.43 Å². The lowest BCUT2D eigenvalue weighted by Gasteiger charge is -2.03. The van der Waals surface area contributed by atoms with Crippen LogP contribution in [-0.4, -0.2) is 19.5 Å². The predicted octanol–water partition coefficient (Wildman–Crippen LogP) is 2.08. The number of hydrogen-bond acceptors (Lipinski definition) is 1. The van der Waals surface area contributed by atoms with E-state index in [2.05, 4.69) is 5.32 Å². The van der Waals surface area contributed by atoms with E-state index < -0.39 is 6.43 Å². The van der Waals surface area contributed by atoms with Crippen molar-refractivity contribution in [3.63, 3.8) is 0 Å². The van der Waals surface area contributed by atoms with Gasteiger partial charge < -0.3 is 5.32 Å². The van der Waals surface area contributed by atoms with Gasteiger partial charge in [0.2, 0.25) is 0 Å². The third-order valence-electron chi connectivity index (χ3n) is 1.73. The van der Waals surface area contributed by atoms with E-state index in [0.717, 1.165) is 6.42 Å². The second-order valence-corrected chi connectivity index (χ2v) is 2.83. The average molecular weight is 185 g/mol. The van der Waals surface area contributed by atoms with Crippen molar-refractivity contribution in [1.29, 1.82) is 0 Å². The molecule has 0 fully saturated rings. The number of halogens is 2. The highest BCUT2D eigenvalue weighted by molar-refractivity contribution is 5.14. The fourth-order valence-electron chi connectivity index (χ4n) is 1.09. The first-order valence-corrected chi connectivity index (χ1v) is 4.32. The van der Waals surface area contributed by atoms with Crippen LogP contribution in [-0.2, 0) is 6.42 Å².